The maximum atomic E-state index is 13.6. The summed E-state index contributed by atoms with van der Waals surface area (Å²) in [6.45, 7) is 4.49. The van der Waals surface area contributed by atoms with Crippen LogP contribution in [-0.2, 0) is 14.7 Å². The largest absolute Gasteiger partial charge is 0.462 e. The summed E-state index contributed by atoms with van der Waals surface area (Å²) in [7, 11) is 0. The van der Waals surface area contributed by atoms with Gasteiger partial charge in [-0.25, -0.2) is 4.79 Å². The second kappa shape index (κ2) is 4.25. The van der Waals surface area contributed by atoms with E-state index >= 15 is 0 Å². The van der Waals surface area contributed by atoms with Crippen molar-refractivity contribution in [1.29, 1.82) is 0 Å². The van der Waals surface area contributed by atoms with Crippen LogP contribution in [0.15, 0.2) is 0 Å². The van der Waals surface area contributed by atoms with Crippen LogP contribution in [0.2, 0.25) is 0 Å². The van der Waals surface area contributed by atoms with Crippen molar-refractivity contribution in [3.05, 3.63) is 0 Å². The van der Waals surface area contributed by atoms with Crippen LogP contribution >= 0.6 is 0 Å². The number of carbonyl (C=O) groups is 1. The molecule has 1 unspecified atom stereocenters. The van der Waals surface area contributed by atoms with Gasteiger partial charge in [0.2, 0.25) is 0 Å². The smallest absolute Gasteiger partial charge is 0.378 e. The first-order valence-corrected chi connectivity index (χ1v) is 5.25. The molecule has 4 nitrogen and oxygen atoms in total. The van der Waals surface area contributed by atoms with Crippen molar-refractivity contribution in [3.8, 4) is 0 Å². The zero-order valence-corrected chi connectivity index (χ0v) is 9.63. The molecule has 0 aromatic carbocycles. The molecule has 0 spiro atoms. The number of carbonyl (C=O) groups excluding carboxylic acids is 1. The molecule has 1 fully saturated rings. The highest BCUT2D eigenvalue weighted by Crippen LogP contribution is 2.39. The zero-order valence-electron chi connectivity index (χ0n) is 9.63. The van der Waals surface area contributed by atoms with E-state index in [2.05, 4.69) is 4.74 Å². The van der Waals surface area contributed by atoms with Crippen molar-refractivity contribution < 1.29 is 23.5 Å². The molecule has 1 rings (SSSR count). The van der Waals surface area contributed by atoms with Crippen LogP contribution in [0.1, 0.15) is 33.6 Å². The maximum absolute atomic E-state index is 13.6. The highest BCUT2D eigenvalue weighted by molar-refractivity contribution is 5.78. The fourth-order valence-electron chi connectivity index (χ4n) is 1.83. The minimum atomic E-state index is -3.73. The van der Waals surface area contributed by atoms with E-state index in [9.17, 15) is 18.8 Å². The molecule has 16 heavy (non-hydrogen) atoms. The van der Waals surface area contributed by atoms with Gasteiger partial charge in [-0.2, -0.15) is 8.78 Å². The summed E-state index contributed by atoms with van der Waals surface area (Å²) < 4.78 is 31.5. The van der Waals surface area contributed by atoms with E-state index in [0.29, 0.717) is 11.5 Å². The van der Waals surface area contributed by atoms with E-state index < -0.39 is 23.5 Å². The third kappa shape index (κ3) is 2.17. The minimum Gasteiger partial charge on any atom is -0.462 e. The topological polar surface area (TPSA) is 49.4 Å². The minimum absolute atomic E-state index is 0.00230. The first-order valence-electron chi connectivity index (χ1n) is 5.25. The monoisotopic (exact) mass is 236 g/mol. The van der Waals surface area contributed by atoms with Crippen LogP contribution in [0.5, 0.6) is 0 Å². The molecule has 1 saturated heterocycles. The van der Waals surface area contributed by atoms with E-state index in [-0.39, 0.29) is 13.0 Å². The highest BCUT2D eigenvalue weighted by Gasteiger charge is 2.57. The molecular weight excluding hydrogens is 220 g/mol. The predicted octanol–water partition coefficient (Wildman–Crippen LogP) is 1.77. The molecule has 1 heterocycles. The molecular formula is C10H16F2NO3. The Morgan fingerprint density at radius 3 is 2.50 bits per heavy atom. The Labute approximate surface area is 93.1 Å². The van der Waals surface area contributed by atoms with Gasteiger partial charge in [0.05, 0.1) is 6.61 Å². The average Bonchev–Trinajstić information content (AvgIpc) is 2.43. The van der Waals surface area contributed by atoms with Gasteiger partial charge in [-0.15, -0.1) is 10.3 Å². The molecule has 1 radical (unpaired) electrons. The molecule has 1 aliphatic heterocycles. The lowest BCUT2D eigenvalue weighted by Gasteiger charge is -2.30. The third-order valence-electron chi connectivity index (χ3n) is 2.88. The fourth-order valence-corrected chi connectivity index (χ4v) is 1.83. The Hall–Kier alpha value is -0.750. The van der Waals surface area contributed by atoms with E-state index in [1.165, 1.54) is 6.92 Å². The van der Waals surface area contributed by atoms with Gasteiger partial charge >= 0.3 is 11.9 Å². The zero-order chi connectivity index (χ0) is 12.6. The van der Waals surface area contributed by atoms with Gasteiger partial charge in [0.15, 0.2) is 0 Å². The number of alkyl halides is 2. The Bertz CT molecular complexity index is 281. The van der Waals surface area contributed by atoms with Crippen molar-refractivity contribution in [3.63, 3.8) is 0 Å². The summed E-state index contributed by atoms with van der Waals surface area (Å²) in [6, 6.07) is -1.61. The molecule has 6 heteroatoms. The fraction of sp³-hybridized carbons (Fsp3) is 0.900. The van der Waals surface area contributed by atoms with Crippen LogP contribution in [0.4, 0.5) is 8.78 Å². The van der Waals surface area contributed by atoms with Crippen molar-refractivity contribution in [1.82, 2.24) is 5.06 Å². The summed E-state index contributed by atoms with van der Waals surface area (Å²) in [5.74, 6) is -5.34. The standard InChI is InChI=1S/C10H16F2NO3/c1-4-16-8(14)10(11,12)7-5-6-9(2,3)13(7)15/h7H,4-6H2,1-3H3. The van der Waals surface area contributed by atoms with Crippen molar-refractivity contribution >= 4 is 5.97 Å². The van der Waals surface area contributed by atoms with Crippen molar-refractivity contribution in [2.75, 3.05) is 6.61 Å². The summed E-state index contributed by atoms with van der Waals surface area (Å²) in [6.07, 6.45) is 0.346. The van der Waals surface area contributed by atoms with Gasteiger partial charge in [-0.1, -0.05) is 0 Å². The molecule has 0 saturated carbocycles. The van der Waals surface area contributed by atoms with Gasteiger partial charge in [0.25, 0.3) is 0 Å². The first-order chi connectivity index (χ1) is 7.23. The van der Waals surface area contributed by atoms with Crippen LogP contribution in [-0.4, -0.2) is 35.1 Å². The summed E-state index contributed by atoms with van der Waals surface area (Å²) >= 11 is 0. The van der Waals surface area contributed by atoms with Crippen molar-refractivity contribution in [2.24, 2.45) is 0 Å². The van der Waals surface area contributed by atoms with Crippen LogP contribution < -0.4 is 0 Å². The number of hydrogen-bond acceptors (Lipinski definition) is 3. The number of hydrogen-bond donors (Lipinski definition) is 0. The predicted molar refractivity (Wildman–Crippen MR) is 51.2 cm³/mol. The average molecular weight is 236 g/mol. The highest BCUT2D eigenvalue weighted by atomic mass is 19.3. The number of esters is 1. The van der Waals surface area contributed by atoms with Crippen molar-refractivity contribution in [2.45, 2.75) is 51.1 Å². The summed E-state index contributed by atoms with van der Waals surface area (Å²) in [5, 5.41) is 11.9. The SMILES string of the molecule is CCOC(=O)C(F)(F)C1CCC(C)(C)N1[O]. The third-order valence-corrected chi connectivity index (χ3v) is 2.88. The van der Waals surface area contributed by atoms with Crippen LogP contribution in [0.3, 0.4) is 0 Å². The number of nitrogens with zero attached hydrogens (tertiary/aromatic N) is 1. The molecule has 1 aliphatic rings. The van der Waals surface area contributed by atoms with E-state index in [4.69, 9.17) is 0 Å². The van der Waals surface area contributed by atoms with Crippen LogP contribution in [0.25, 0.3) is 0 Å². The molecule has 0 bridgehead atoms. The number of ether oxygens (including phenoxy) is 1. The Morgan fingerprint density at radius 2 is 2.12 bits per heavy atom. The lowest BCUT2D eigenvalue weighted by molar-refractivity contribution is -0.262. The number of rotatable bonds is 3. The molecule has 0 amide bonds. The van der Waals surface area contributed by atoms with Crippen LogP contribution in [0, 0.1) is 0 Å². The molecule has 0 aromatic rings. The van der Waals surface area contributed by atoms with Gasteiger partial charge in [-0.3, -0.25) is 0 Å². The molecule has 0 N–H and O–H groups in total. The lowest BCUT2D eigenvalue weighted by atomic mass is 10.0. The molecule has 0 aliphatic carbocycles. The van der Waals surface area contributed by atoms with E-state index in [1.807, 2.05) is 0 Å². The molecule has 93 valence electrons. The molecule has 0 aromatic heterocycles. The first kappa shape index (κ1) is 13.3. The number of halogens is 2. The summed E-state index contributed by atoms with van der Waals surface area (Å²) in [5.41, 5.74) is -0.847. The van der Waals surface area contributed by atoms with E-state index in [1.54, 1.807) is 13.8 Å². The van der Waals surface area contributed by atoms with Gasteiger partial charge in [-0.05, 0) is 33.6 Å². The Morgan fingerprint density at radius 1 is 1.56 bits per heavy atom. The Balaban J connectivity index is 2.81. The normalized spacial score (nSPS) is 25.8. The second-order valence-corrected chi connectivity index (χ2v) is 4.54. The van der Waals surface area contributed by atoms with Gasteiger partial charge < -0.3 is 4.74 Å². The van der Waals surface area contributed by atoms with E-state index in [0.717, 1.165) is 0 Å². The quantitative estimate of drug-likeness (QED) is 0.702. The molecule has 1 atom stereocenters. The maximum Gasteiger partial charge on any atom is 0.378 e. The second-order valence-electron chi connectivity index (χ2n) is 4.54. The summed E-state index contributed by atoms with van der Waals surface area (Å²) in [4.78, 5) is 11.1. The number of hydroxylamine groups is 2. The lowest BCUT2D eigenvalue weighted by Crippen LogP contribution is -2.52. The van der Waals surface area contributed by atoms with Gasteiger partial charge in [0.1, 0.15) is 6.04 Å². The Kier molecular flexibility index (Phi) is 3.54. The van der Waals surface area contributed by atoms with Gasteiger partial charge in [0, 0.05) is 5.54 Å².